The minimum Gasteiger partial charge on any atom is -0.488 e. The number of hydrogen-bond acceptors (Lipinski definition) is 8. The number of aromatic nitrogens is 2. The van der Waals surface area contributed by atoms with Crippen molar-refractivity contribution in [2.75, 3.05) is 43.2 Å². The highest BCUT2D eigenvalue weighted by Gasteiger charge is 2.31. The van der Waals surface area contributed by atoms with Crippen LogP contribution in [-0.4, -0.2) is 47.7 Å². The highest BCUT2D eigenvalue weighted by atomic mass is 19.1. The first kappa shape index (κ1) is 26.3. The molecule has 1 atom stereocenters. The number of nitriles is 1. The van der Waals surface area contributed by atoms with Crippen molar-refractivity contribution in [1.29, 1.82) is 5.26 Å². The standard InChI is InChI=1S/C27H30F2N6O2/c1-3-34(4-2)12-8-13-36-25-22(28)15-21(16-23(25)29)32-27-31-18-20(17-30)26(33-27)35-24(11-14-37-35)19-9-6-5-7-10-19/h5-7,9-10,15-16,18,24H,3-4,8,11-14H2,1-2H3,(H,31,32,33)/t24-/m0/s1. The number of hydroxylamine groups is 1. The zero-order valence-electron chi connectivity index (χ0n) is 21.0. The van der Waals surface area contributed by atoms with Crippen LogP contribution in [0.25, 0.3) is 0 Å². The number of nitrogens with one attached hydrogen (secondary N) is 1. The van der Waals surface area contributed by atoms with Gasteiger partial charge in [-0.3, -0.25) is 4.84 Å². The Morgan fingerprint density at radius 2 is 1.92 bits per heavy atom. The second-order valence-corrected chi connectivity index (χ2v) is 8.54. The van der Waals surface area contributed by atoms with Gasteiger partial charge in [-0.25, -0.2) is 18.8 Å². The predicted molar refractivity (Wildman–Crippen MR) is 137 cm³/mol. The molecule has 2 heterocycles. The number of anilines is 3. The van der Waals surface area contributed by atoms with Crippen LogP contribution in [-0.2, 0) is 4.84 Å². The zero-order chi connectivity index (χ0) is 26.2. The number of hydrogen-bond donors (Lipinski definition) is 1. The Bertz CT molecular complexity index is 1210. The smallest absolute Gasteiger partial charge is 0.229 e. The number of nitrogens with zero attached hydrogens (tertiary/aromatic N) is 5. The number of ether oxygens (including phenoxy) is 1. The fraction of sp³-hybridized carbons (Fsp3) is 0.370. The Balaban J connectivity index is 1.49. The first-order valence-electron chi connectivity index (χ1n) is 12.4. The van der Waals surface area contributed by atoms with Crippen LogP contribution in [0.2, 0.25) is 0 Å². The molecule has 0 bridgehead atoms. The topological polar surface area (TPSA) is 86.5 Å². The van der Waals surface area contributed by atoms with Gasteiger partial charge in [0.05, 0.1) is 25.5 Å². The van der Waals surface area contributed by atoms with E-state index in [1.54, 1.807) is 5.06 Å². The minimum atomic E-state index is -0.828. The van der Waals surface area contributed by atoms with Gasteiger partial charge in [-0.1, -0.05) is 44.2 Å². The van der Waals surface area contributed by atoms with Crippen LogP contribution in [0.15, 0.2) is 48.7 Å². The molecule has 0 unspecified atom stereocenters. The van der Waals surface area contributed by atoms with Crippen molar-refractivity contribution in [3.05, 3.63) is 71.4 Å². The van der Waals surface area contributed by atoms with Crippen molar-refractivity contribution in [3.8, 4) is 11.8 Å². The molecule has 1 aliphatic heterocycles. The van der Waals surface area contributed by atoms with Crippen molar-refractivity contribution in [2.24, 2.45) is 0 Å². The lowest BCUT2D eigenvalue weighted by molar-refractivity contribution is 0.156. The Labute approximate surface area is 215 Å². The second-order valence-electron chi connectivity index (χ2n) is 8.54. The number of benzene rings is 2. The summed E-state index contributed by atoms with van der Waals surface area (Å²) in [6.07, 6.45) is 2.73. The third-order valence-corrected chi connectivity index (χ3v) is 6.20. The second kappa shape index (κ2) is 12.4. The molecule has 0 spiro atoms. The largest absolute Gasteiger partial charge is 0.488 e. The van der Waals surface area contributed by atoms with E-state index in [2.05, 4.69) is 40.1 Å². The molecule has 10 heteroatoms. The van der Waals surface area contributed by atoms with Crippen molar-refractivity contribution in [3.63, 3.8) is 0 Å². The molecule has 1 saturated heterocycles. The monoisotopic (exact) mass is 508 g/mol. The van der Waals surface area contributed by atoms with Crippen LogP contribution in [0.4, 0.5) is 26.2 Å². The van der Waals surface area contributed by atoms with Gasteiger partial charge in [-0.2, -0.15) is 10.2 Å². The maximum Gasteiger partial charge on any atom is 0.229 e. The van der Waals surface area contributed by atoms with Gasteiger partial charge in [0, 0.05) is 30.8 Å². The third-order valence-electron chi connectivity index (χ3n) is 6.20. The lowest BCUT2D eigenvalue weighted by atomic mass is 10.0. The zero-order valence-corrected chi connectivity index (χ0v) is 21.0. The molecule has 37 heavy (non-hydrogen) atoms. The summed E-state index contributed by atoms with van der Waals surface area (Å²) in [4.78, 5) is 16.6. The van der Waals surface area contributed by atoms with Gasteiger partial charge in [-0.15, -0.1) is 0 Å². The van der Waals surface area contributed by atoms with Gasteiger partial charge in [0.25, 0.3) is 0 Å². The van der Waals surface area contributed by atoms with Crippen LogP contribution in [0.5, 0.6) is 5.75 Å². The van der Waals surface area contributed by atoms with Crippen molar-refractivity contribution in [1.82, 2.24) is 14.9 Å². The fourth-order valence-electron chi connectivity index (χ4n) is 4.24. The Morgan fingerprint density at radius 3 is 2.59 bits per heavy atom. The molecule has 3 aromatic rings. The van der Waals surface area contributed by atoms with Gasteiger partial charge in [0.15, 0.2) is 23.2 Å². The maximum atomic E-state index is 14.7. The summed E-state index contributed by atoms with van der Waals surface area (Å²) in [5.41, 5.74) is 1.36. The van der Waals surface area contributed by atoms with Crippen LogP contribution in [0.3, 0.4) is 0 Å². The van der Waals surface area contributed by atoms with Crippen LogP contribution in [0.1, 0.15) is 43.9 Å². The quantitative estimate of drug-likeness (QED) is 0.346. The minimum absolute atomic E-state index is 0.0722. The first-order chi connectivity index (χ1) is 18.0. The molecule has 1 aliphatic rings. The lowest BCUT2D eigenvalue weighted by Gasteiger charge is -2.24. The van der Waals surface area contributed by atoms with E-state index in [1.165, 1.54) is 6.20 Å². The molecule has 1 aromatic heterocycles. The summed E-state index contributed by atoms with van der Waals surface area (Å²) in [6.45, 7) is 7.41. The molecule has 4 rings (SSSR count). The normalized spacial score (nSPS) is 15.1. The molecule has 0 saturated carbocycles. The van der Waals surface area contributed by atoms with Gasteiger partial charge in [0.2, 0.25) is 5.95 Å². The van der Waals surface area contributed by atoms with Gasteiger partial charge in [0.1, 0.15) is 11.6 Å². The molecule has 1 fully saturated rings. The van der Waals surface area contributed by atoms with Crippen LogP contribution in [0, 0.1) is 23.0 Å². The van der Waals surface area contributed by atoms with Crippen molar-refractivity contribution < 1.29 is 18.4 Å². The molecule has 8 nitrogen and oxygen atoms in total. The molecule has 0 amide bonds. The molecule has 2 aromatic carbocycles. The molecular formula is C27H30F2N6O2. The van der Waals surface area contributed by atoms with E-state index >= 15 is 0 Å². The van der Waals surface area contributed by atoms with Crippen LogP contribution < -0.4 is 15.1 Å². The van der Waals surface area contributed by atoms with E-state index in [1.807, 2.05) is 30.3 Å². The van der Waals surface area contributed by atoms with Gasteiger partial charge < -0.3 is 15.0 Å². The molecule has 194 valence electrons. The highest BCUT2D eigenvalue weighted by Crippen LogP contribution is 2.36. The summed E-state index contributed by atoms with van der Waals surface area (Å²) in [6, 6.07) is 14.0. The highest BCUT2D eigenvalue weighted by molar-refractivity contribution is 5.60. The Hall–Kier alpha value is -3.81. The molecular weight excluding hydrogens is 478 g/mol. The summed E-state index contributed by atoms with van der Waals surface area (Å²) in [7, 11) is 0. The van der Waals surface area contributed by atoms with E-state index in [-0.39, 0.29) is 35.7 Å². The summed E-state index contributed by atoms with van der Waals surface area (Å²) in [5.74, 6) is -1.72. The van der Waals surface area contributed by atoms with E-state index < -0.39 is 17.4 Å². The number of halogens is 2. The van der Waals surface area contributed by atoms with Crippen LogP contribution >= 0.6 is 0 Å². The average Bonchev–Trinajstić information content (AvgIpc) is 3.40. The first-order valence-corrected chi connectivity index (χ1v) is 12.4. The molecule has 0 aliphatic carbocycles. The summed E-state index contributed by atoms with van der Waals surface area (Å²) < 4.78 is 34.8. The third kappa shape index (κ3) is 6.31. The van der Waals surface area contributed by atoms with Gasteiger partial charge in [-0.05, 0) is 25.1 Å². The maximum absolute atomic E-state index is 14.7. The molecule has 0 radical (unpaired) electrons. The predicted octanol–water partition coefficient (Wildman–Crippen LogP) is 5.36. The van der Waals surface area contributed by atoms with E-state index in [9.17, 15) is 14.0 Å². The Kier molecular flexibility index (Phi) is 8.82. The van der Waals surface area contributed by atoms with Gasteiger partial charge >= 0.3 is 0 Å². The SMILES string of the molecule is CCN(CC)CCCOc1c(F)cc(Nc2ncc(C#N)c(N3OCC[C@H]3c3ccccc3)n2)cc1F. The average molecular weight is 509 g/mol. The number of rotatable bonds is 11. The van der Waals surface area contributed by atoms with E-state index in [4.69, 9.17) is 9.57 Å². The lowest BCUT2D eigenvalue weighted by Crippen LogP contribution is -2.25. The van der Waals surface area contributed by atoms with E-state index in [0.717, 1.165) is 37.3 Å². The van der Waals surface area contributed by atoms with E-state index in [0.29, 0.717) is 19.4 Å². The Morgan fingerprint density at radius 1 is 1.19 bits per heavy atom. The van der Waals surface area contributed by atoms with Crippen molar-refractivity contribution in [2.45, 2.75) is 32.7 Å². The molecule has 1 N–H and O–H groups in total. The summed E-state index contributed by atoms with van der Waals surface area (Å²) >= 11 is 0. The van der Waals surface area contributed by atoms with Crippen molar-refractivity contribution >= 4 is 17.5 Å². The summed E-state index contributed by atoms with van der Waals surface area (Å²) in [5, 5.41) is 14.0. The fourth-order valence-corrected chi connectivity index (χ4v) is 4.24.